The van der Waals surface area contributed by atoms with Gasteiger partial charge in [0, 0.05) is 13.6 Å². The zero-order valence-electron chi connectivity index (χ0n) is 10.9. The first-order chi connectivity index (χ1) is 8.05. The molecule has 0 saturated heterocycles. The third-order valence-corrected chi connectivity index (χ3v) is 3.69. The van der Waals surface area contributed by atoms with E-state index in [9.17, 15) is 0 Å². The number of hydrogen-bond donors (Lipinski definition) is 1. The zero-order chi connectivity index (χ0) is 12.5. The highest BCUT2D eigenvalue weighted by atomic mass is 16.5. The van der Waals surface area contributed by atoms with Gasteiger partial charge in [0.1, 0.15) is 0 Å². The molecule has 96 valence electrons. The van der Waals surface area contributed by atoms with Crippen molar-refractivity contribution in [2.75, 3.05) is 18.5 Å². The topological polar surface area (TPSA) is 68.2 Å². The van der Waals surface area contributed by atoms with E-state index in [4.69, 9.17) is 10.3 Å². The van der Waals surface area contributed by atoms with Crippen LogP contribution in [0.3, 0.4) is 0 Å². The van der Waals surface area contributed by atoms with E-state index in [0.29, 0.717) is 17.8 Å². The highest BCUT2D eigenvalue weighted by Crippen LogP contribution is 2.37. The molecule has 2 rings (SSSR count). The van der Waals surface area contributed by atoms with Crippen LogP contribution in [0, 0.1) is 5.92 Å². The lowest BCUT2D eigenvalue weighted by Crippen LogP contribution is -2.41. The lowest BCUT2D eigenvalue weighted by molar-refractivity contribution is 0.183. The second-order valence-corrected chi connectivity index (χ2v) is 5.27. The first-order valence-electron chi connectivity index (χ1n) is 6.39. The van der Waals surface area contributed by atoms with Crippen LogP contribution in [0.5, 0.6) is 0 Å². The van der Waals surface area contributed by atoms with Crippen molar-refractivity contribution in [3.8, 4) is 0 Å². The molecule has 1 fully saturated rings. The van der Waals surface area contributed by atoms with Crippen molar-refractivity contribution in [3.05, 3.63) is 5.89 Å². The van der Waals surface area contributed by atoms with Crippen molar-refractivity contribution in [2.24, 2.45) is 11.7 Å². The Kier molecular flexibility index (Phi) is 3.38. The van der Waals surface area contributed by atoms with Gasteiger partial charge in [-0.15, -0.1) is 0 Å². The summed E-state index contributed by atoms with van der Waals surface area (Å²) in [6.45, 7) is 5.14. The average Bonchev–Trinajstić information content (AvgIpc) is 2.77. The fraction of sp³-hybridized carbons (Fsp3) is 0.833. The maximum atomic E-state index is 6.41. The summed E-state index contributed by atoms with van der Waals surface area (Å²) in [4.78, 5) is 6.38. The molecule has 0 aromatic carbocycles. The van der Waals surface area contributed by atoms with Crippen molar-refractivity contribution >= 4 is 5.95 Å². The molecule has 2 unspecified atom stereocenters. The number of hydrogen-bond acceptors (Lipinski definition) is 5. The van der Waals surface area contributed by atoms with E-state index in [1.165, 1.54) is 6.42 Å². The van der Waals surface area contributed by atoms with Crippen molar-refractivity contribution in [3.63, 3.8) is 0 Å². The first kappa shape index (κ1) is 12.4. The Balaban J connectivity index is 2.18. The molecule has 5 heteroatoms. The largest absolute Gasteiger partial charge is 0.342 e. The summed E-state index contributed by atoms with van der Waals surface area (Å²) in [7, 11) is 1.95. The third kappa shape index (κ3) is 2.44. The number of anilines is 1. The van der Waals surface area contributed by atoms with Crippen LogP contribution in [0.1, 0.15) is 45.4 Å². The Hall–Kier alpha value is -1.10. The monoisotopic (exact) mass is 238 g/mol. The third-order valence-electron chi connectivity index (χ3n) is 3.69. The van der Waals surface area contributed by atoms with Gasteiger partial charge in [-0.3, -0.25) is 0 Å². The van der Waals surface area contributed by atoms with Crippen LogP contribution in [-0.2, 0) is 5.54 Å². The standard InChI is InChI=1S/C12H22N4O/c1-4-16(3)11-14-10(17-15-11)12(13)7-5-6-9(2)8-12/h9H,4-8,13H2,1-3H3. The van der Waals surface area contributed by atoms with Crippen LogP contribution < -0.4 is 10.6 Å². The van der Waals surface area contributed by atoms with E-state index in [2.05, 4.69) is 24.0 Å². The normalized spacial score (nSPS) is 29.3. The van der Waals surface area contributed by atoms with E-state index in [-0.39, 0.29) is 0 Å². The van der Waals surface area contributed by atoms with Crippen molar-refractivity contribution in [1.29, 1.82) is 0 Å². The quantitative estimate of drug-likeness (QED) is 0.871. The van der Waals surface area contributed by atoms with Gasteiger partial charge in [0.2, 0.25) is 5.89 Å². The van der Waals surface area contributed by atoms with Gasteiger partial charge in [-0.2, -0.15) is 4.98 Å². The smallest absolute Gasteiger partial charge is 0.265 e. The summed E-state index contributed by atoms with van der Waals surface area (Å²) in [6.07, 6.45) is 4.26. The lowest BCUT2D eigenvalue weighted by Gasteiger charge is -2.33. The summed E-state index contributed by atoms with van der Waals surface area (Å²) >= 11 is 0. The minimum absolute atomic E-state index is 0.419. The van der Waals surface area contributed by atoms with Crippen LogP contribution >= 0.6 is 0 Å². The zero-order valence-corrected chi connectivity index (χ0v) is 10.9. The van der Waals surface area contributed by atoms with E-state index in [0.717, 1.165) is 25.8 Å². The molecule has 0 spiro atoms. The fourth-order valence-corrected chi connectivity index (χ4v) is 2.50. The van der Waals surface area contributed by atoms with Gasteiger partial charge in [0.15, 0.2) is 0 Å². The van der Waals surface area contributed by atoms with Gasteiger partial charge in [0.25, 0.3) is 5.95 Å². The summed E-state index contributed by atoms with van der Waals surface area (Å²) in [5.74, 6) is 1.86. The summed E-state index contributed by atoms with van der Waals surface area (Å²) in [6, 6.07) is 0. The predicted molar refractivity (Wildman–Crippen MR) is 66.7 cm³/mol. The van der Waals surface area contributed by atoms with Crippen LogP contribution in [0.2, 0.25) is 0 Å². The van der Waals surface area contributed by atoms with Crippen molar-refractivity contribution in [2.45, 2.75) is 45.1 Å². The molecule has 17 heavy (non-hydrogen) atoms. The predicted octanol–water partition coefficient (Wildman–Crippen LogP) is 1.89. The van der Waals surface area contributed by atoms with Crippen LogP contribution in [0.15, 0.2) is 4.52 Å². The summed E-state index contributed by atoms with van der Waals surface area (Å²) in [5, 5.41) is 3.99. The minimum atomic E-state index is -0.419. The molecule has 1 heterocycles. The number of nitrogens with zero attached hydrogens (tertiary/aromatic N) is 3. The molecule has 0 aliphatic heterocycles. The van der Waals surface area contributed by atoms with Gasteiger partial charge in [0.05, 0.1) is 5.54 Å². The molecule has 2 N–H and O–H groups in total. The fourth-order valence-electron chi connectivity index (χ4n) is 2.50. The molecule has 1 aliphatic carbocycles. The number of rotatable bonds is 3. The van der Waals surface area contributed by atoms with Crippen LogP contribution in [0.25, 0.3) is 0 Å². The average molecular weight is 238 g/mol. The molecule has 5 nitrogen and oxygen atoms in total. The van der Waals surface area contributed by atoms with E-state index in [1.54, 1.807) is 0 Å². The number of aromatic nitrogens is 2. The minimum Gasteiger partial charge on any atom is -0.342 e. The molecule has 1 aromatic heterocycles. The summed E-state index contributed by atoms with van der Waals surface area (Å²) in [5.41, 5.74) is 5.99. The summed E-state index contributed by atoms with van der Waals surface area (Å²) < 4.78 is 5.35. The Morgan fingerprint density at radius 1 is 1.59 bits per heavy atom. The lowest BCUT2D eigenvalue weighted by atomic mass is 9.77. The van der Waals surface area contributed by atoms with E-state index >= 15 is 0 Å². The highest BCUT2D eigenvalue weighted by molar-refractivity contribution is 5.26. The molecule has 1 aliphatic rings. The second-order valence-electron chi connectivity index (χ2n) is 5.27. The Labute approximate surface area is 102 Å². The molecule has 0 bridgehead atoms. The molecule has 0 radical (unpaired) electrons. The van der Waals surface area contributed by atoms with Gasteiger partial charge >= 0.3 is 0 Å². The molecule has 1 aromatic rings. The van der Waals surface area contributed by atoms with Gasteiger partial charge in [-0.1, -0.05) is 19.8 Å². The molecular formula is C12H22N4O. The van der Waals surface area contributed by atoms with Crippen molar-refractivity contribution in [1.82, 2.24) is 10.1 Å². The van der Waals surface area contributed by atoms with Gasteiger partial charge < -0.3 is 15.2 Å². The van der Waals surface area contributed by atoms with Gasteiger partial charge in [-0.05, 0) is 30.8 Å². The Morgan fingerprint density at radius 2 is 2.35 bits per heavy atom. The maximum absolute atomic E-state index is 6.41. The molecule has 2 atom stereocenters. The van der Waals surface area contributed by atoms with E-state index in [1.807, 2.05) is 11.9 Å². The number of nitrogens with two attached hydrogens (primary N) is 1. The van der Waals surface area contributed by atoms with Crippen LogP contribution in [-0.4, -0.2) is 23.7 Å². The van der Waals surface area contributed by atoms with E-state index < -0.39 is 5.54 Å². The van der Waals surface area contributed by atoms with Crippen molar-refractivity contribution < 1.29 is 4.52 Å². The maximum Gasteiger partial charge on any atom is 0.265 e. The highest BCUT2D eigenvalue weighted by Gasteiger charge is 2.38. The molecule has 1 saturated carbocycles. The Morgan fingerprint density at radius 3 is 3.00 bits per heavy atom. The van der Waals surface area contributed by atoms with Crippen LogP contribution in [0.4, 0.5) is 5.95 Å². The first-order valence-corrected chi connectivity index (χ1v) is 6.39. The Bertz CT molecular complexity index is 378. The second kappa shape index (κ2) is 4.64. The SMILES string of the molecule is CCN(C)c1noc(C2(N)CCCC(C)C2)n1. The molecule has 0 amide bonds. The van der Waals surface area contributed by atoms with Gasteiger partial charge in [-0.25, -0.2) is 0 Å². The molecular weight excluding hydrogens is 216 g/mol.